The summed E-state index contributed by atoms with van der Waals surface area (Å²) in [6.07, 6.45) is 0. The largest absolute Gasteiger partial charge is 0.493 e. The predicted molar refractivity (Wildman–Crippen MR) is 74.2 cm³/mol. The average molecular weight is 325 g/mol. The van der Waals surface area contributed by atoms with E-state index in [-0.39, 0.29) is 0 Å². The third kappa shape index (κ3) is 2.96. The molecule has 0 unspecified atom stereocenters. The number of aromatic amines is 1. The van der Waals surface area contributed by atoms with Crippen LogP contribution in [0.2, 0.25) is 0 Å². The van der Waals surface area contributed by atoms with E-state index in [0.29, 0.717) is 23.7 Å². The Labute approximate surface area is 119 Å². The van der Waals surface area contributed by atoms with Gasteiger partial charge in [-0.2, -0.15) is 5.10 Å². The zero-order valence-corrected chi connectivity index (χ0v) is 12.2. The van der Waals surface area contributed by atoms with Crippen molar-refractivity contribution in [2.75, 3.05) is 13.7 Å². The van der Waals surface area contributed by atoms with Crippen LogP contribution in [0.5, 0.6) is 5.75 Å². The summed E-state index contributed by atoms with van der Waals surface area (Å²) in [4.78, 5) is 11.4. The van der Waals surface area contributed by atoms with Gasteiger partial charge in [-0.15, -0.1) is 0 Å². The van der Waals surface area contributed by atoms with Gasteiger partial charge < -0.3 is 9.47 Å². The molecule has 5 nitrogen and oxygen atoms in total. The first-order valence-electron chi connectivity index (χ1n) is 5.72. The number of aromatic nitrogens is 2. The van der Waals surface area contributed by atoms with Crippen LogP contribution in [0.25, 0.3) is 11.3 Å². The smallest absolute Gasteiger partial charge is 0.356 e. The van der Waals surface area contributed by atoms with Crippen molar-refractivity contribution in [1.82, 2.24) is 10.2 Å². The van der Waals surface area contributed by atoms with Gasteiger partial charge in [-0.25, -0.2) is 4.79 Å². The molecule has 0 saturated heterocycles. The van der Waals surface area contributed by atoms with E-state index in [1.807, 2.05) is 25.1 Å². The highest BCUT2D eigenvalue weighted by Gasteiger charge is 2.14. The molecule has 0 fully saturated rings. The molecule has 0 aliphatic heterocycles. The van der Waals surface area contributed by atoms with Crippen molar-refractivity contribution in [3.05, 3.63) is 34.4 Å². The zero-order chi connectivity index (χ0) is 13.8. The van der Waals surface area contributed by atoms with E-state index in [4.69, 9.17) is 4.74 Å². The Hall–Kier alpha value is -1.82. The highest BCUT2D eigenvalue weighted by atomic mass is 79.9. The lowest BCUT2D eigenvalue weighted by molar-refractivity contribution is 0.0594. The Morgan fingerprint density at radius 2 is 2.21 bits per heavy atom. The number of benzene rings is 1. The molecular formula is C13H13BrN2O3. The van der Waals surface area contributed by atoms with Crippen LogP contribution in [0.3, 0.4) is 0 Å². The molecule has 2 rings (SSSR count). The monoisotopic (exact) mass is 324 g/mol. The first-order valence-corrected chi connectivity index (χ1v) is 6.51. The van der Waals surface area contributed by atoms with Crippen molar-refractivity contribution >= 4 is 21.9 Å². The van der Waals surface area contributed by atoms with Gasteiger partial charge in [0.2, 0.25) is 0 Å². The maximum absolute atomic E-state index is 11.4. The molecule has 0 amide bonds. The molecule has 1 aromatic heterocycles. The van der Waals surface area contributed by atoms with Gasteiger partial charge >= 0.3 is 5.97 Å². The number of halogens is 1. The van der Waals surface area contributed by atoms with Gasteiger partial charge in [0.05, 0.1) is 19.4 Å². The molecule has 0 saturated carbocycles. The first kappa shape index (κ1) is 13.6. The number of carbonyl (C=O) groups is 1. The fourth-order valence-electron chi connectivity index (χ4n) is 1.66. The topological polar surface area (TPSA) is 64.2 Å². The quantitative estimate of drug-likeness (QED) is 0.878. The Morgan fingerprint density at radius 3 is 2.89 bits per heavy atom. The number of methoxy groups -OCH3 is 1. The summed E-state index contributed by atoms with van der Waals surface area (Å²) in [5.74, 6) is 0.264. The molecule has 1 heterocycles. The number of H-pyrrole nitrogens is 1. The second kappa shape index (κ2) is 5.88. The molecule has 19 heavy (non-hydrogen) atoms. The SMILES string of the molecule is CCOc1ccc(Br)cc1-c1cc(C(=O)OC)[nH]n1. The minimum absolute atomic E-state index is 0.305. The number of nitrogens with one attached hydrogen (secondary N) is 1. The Kier molecular flexibility index (Phi) is 4.21. The lowest BCUT2D eigenvalue weighted by atomic mass is 10.1. The fourth-order valence-corrected chi connectivity index (χ4v) is 2.02. The third-order valence-electron chi connectivity index (χ3n) is 2.50. The van der Waals surface area contributed by atoms with Gasteiger partial charge in [-0.05, 0) is 31.2 Å². The number of nitrogens with zero attached hydrogens (tertiary/aromatic N) is 1. The van der Waals surface area contributed by atoms with Gasteiger partial charge in [0.1, 0.15) is 11.4 Å². The molecule has 100 valence electrons. The molecular weight excluding hydrogens is 312 g/mol. The Balaban J connectivity index is 2.42. The third-order valence-corrected chi connectivity index (χ3v) is 2.99. The molecule has 0 bridgehead atoms. The van der Waals surface area contributed by atoms with Gasteiger partial charge in [0, 0.05) is 10.0 Å². The first-order chi connectivity index (χ1) is 9.15. The van der Waals surface area contributed by atoms with Crippen LogP contribution in [0.15, 0.2) is 28.7 Å². The summed E-state index contributed by atoms with van der Waals surface area (Å²) in [5, 5.41) is 6.76. The summed E-state index contributed by atoms with van der Waals surface area (Å²) in [6.45, 7) is 2.47. The summed E-state index contributed by atoms with van der Waals surface area (Å²) in [6, 6.07) is 7.27. The average Bonchev–Trinajstić information content (AvgIpc) is 2.89. The van der Waals surface area contributed by atoms with Crippen LogP contribution < -0.4 is 4.74 Å². The zero-order valence-electron chi connectivity index (χ0n) is 10.6. The molecule has 1 N–H and O–H groups in total. The van der Waals surface area contributed by atoms with Crippen molar-refractivity contribution < 1.29 is 14.3 Å². The summed E-state index contributed by atoms with van der Waals surface area (Å²) in [5.41, 5.74) is 1.74. The minimum atomic E-state index is -0.452. The van der Waals surface area contributed by atoms with Crippen LogP contribution >= 0.6 is 15.9 Å². The minimum Gasteiger partial charge on any atom is -0.493 e. The normalized spacial score (nSPS) is 10.3. The Morgan fingerprint density at radius 1 is 1.42 bits per heavy atom. The van der Waals surface area contributed by atoms with Crippen molar-refractivity contribution in [2.45, 2.75) is 6.92 Å². The van der Waals surface area contributed by atoms with Gasteiger partial charge in [0.25, 0.3) is 0 Å². The van der Waals surface area contributed by atoms with E-state index in [9.17, 15) is 4.79 Å². The highest BCUT2D eigenvalue weighted by molar-refractivity contribution is 9.10. The van der Waals surface area contributed by atoms with Crippen LogP contribution in [0, 0.1) is 0 Å². The lowest BCUT2D eigenvalue weighted by Gasteiger charge is -2.08. The number of rotatable bonds is 4. The summed E-state index contributed by atoms with van der Waals surface area (Å²) >= 11 is 3.41. The number of hydrogen-bond acceptors (Lipinski definition) is 4. The van der Waals surface area contributed by atoms with Crippen molar-refractivity contribution in [3.63, 3.8) is 0 Å². The van der Waals surface area contributed by atoms with Crippen LogP contribution in [0.1, 0.15) is 17.4 Å². The molecule has 0 atom stereocenters. The fraction of sp³-hybridized carbons (Fsp3) is 0.231. The van der Waals surface area contributed by atoms with E-state index in [2.05, 4.69) is 30.9 Å². The van der Waals surface area contributed by atoms with Gasteiger partial charge in [-0.1, -0.05) is 15.9 Å². The molecule has 0 aliphatic rings. The second-order valence-corrected chi connectivity index (χ2v) is 4.65. The van der Waals surface area contributed by atoms with Gasteiger partial charge in [-0.3, -0.25) is 5.10 Å². The van der Waals surface area contributed by atoms with E-state index in [0.717, 1.165) is 10.0 Å². The van der Waals surface area contributed by atoms with Crippen LogP contribution in [-0.4, -0.2) is 29.9 Å². The van der Waals surface area contributed by atoms with Crippen molar-refractivity contribution in [2.24, 2.45) is 0 Å². The molecule has 0 radical (unpaired) electrons. The maximum Gasteiger partial charge on any atom is 0.356 e. The summed E-state index contributed by atoms with van der Waals surface area (Å²) in [7, 11) is 1.33. The van der Waals surface area contributed by atoms with E-state index in [1.54, 1.807) is 6.07 Å². The van der Waals surface area contributed by atoms with Crippen molar-refractivity contribution in [1.29, 1.82) is 0 Å². The lowest BCUT2D eigenvalue weighted by Crippen LogP contribution is -2.00. The maximum atomic E-state index is 11.4. The van der Waals surface area contributed by atoms with E-state index >= 15 is 0 Å². The molecule has 0 spiro atoms. The standard InChI is InChI=1S/C13H13BrN2O3/c1-3-19-12-5-4-8(14)6-9(12)10-7-11(16-15-10)13(17)18-2/h4-7H,3H2,1-2H3,(H,15,16). The number of ether oxygens (including phenoxy) is 2. The molecule has 2 aromatic rings. The summed E-state index contributed by atoms with van der Waals surface area (Å²) < 4.78 is 11.1. The number of esters is 1. The second-order valence-electron chi connectivity index (χ2n) is 3.73. The molecule has 0 aliphatic carbocycles. The van der Waals surface area contributed by atoms with E-state index in [1.165, 1.54) is 7.11 Å². The Bertz CT molecular complexity index is 595. The molecule has 6 heteroatoms. The highest BCUT2D eigenvalue weighted by Crippen LogP contribution is 2.32. The van der Waals surface area contributed by atoms with Crippen LogP contribution in [0.4, 0.5) is 0 Å². The predicted octanol–water partition coefficient (Wildman–Crippen LogP) is 3.02. The number of carbonyl (C=O) groups excluding carboxylic acids is 1. The molecule has 1 aromatic carbocycles. The van der Waals surface area contributed by atoms with Crippen LogP contribution in [-0.2, 0) is 4.74 Å². The van der Waals surface area contributed by atoms with Gasteiger partial charge in [0.15, 0.2) is 0 Å². The van der Waals surface area contributed by atoms with E-state index < -0.39 is 5.97 Å². The van der Waals surface area contributed by atoms with Crippen molar-refractivity contribution in [3.8, 4) is 17.0 Å². The number of hydrogen-bond donors (Lipinski definition) is 1.